The Kier molecular flexibility index (Phi) is 5.36. The van der Waals surface area contributed by atoms with Crippen molar-refractivity contribution in [3.8, 4) is 0 Å². The zero-order chi connectivity index (χ0) is 15.2. The smallest absolute Gasteiger partial charge is 0.252 e. The first-order valence-electron chi connectivity index (χ1n) is 7.74. The van der Waals surface area contributed by atoms with Crippen molar-refractivity contribution in [1.29, 1.82) is 0 Å². The zero-order valence-corrected chi connectivity index (χ0v) is 12.9. The Bertz CT molecular complexity index is 543. The molecule has 116 valence electrons. The van der Waals surface area contributed by atoms with E-state index in [9.17, 15) is 4.79 Å². The fraction of sp³-hybridized carbons (Fsp3) is 0.667. The molecular weight excluding hydrogens is 266 g/mol. The molecule has 0 amide bonds. The van der Waals surface area contributed by atoms with E-state index >= 15 is 0 Å². The standard InChI is InChI=1S/C15H25N5O/c1-11(2)6-7-12-10-13(21)18-15(17-12)19-14(16)20-8-4-3-5-9-20/h10-11H,3-9H2,1-2H3,(H3,16,17,18,19,21). The Labute approximate surface area is 125 Å². The number of hydrogen-bond donors (Lipinski definition) is 2. The molecule has 0 radical (unpaired) electrons. The van der Waals surface area contributed by atoms with Crippen molar-refractivity contribution in [2.45, 2.75) is 46.0 Å². The Morgan fingerprint density at radius 1 is 1.43 bits per heavy atom. The number of aromatic amines is 1. The van der Waals surface area contributed by atoms with Crippen LogP contribution in [0.4, 0.5) is 5.95 Å². The fourth-order valence-electron chi connectivity index (χ4n) is 2.41. The van der Waals surface area contributed by atoms with Gasteiger partial charge < -0.3 is 10.6 Å². The van der Waals surface area contributed by atoms with Crippen molar-refractivity contribution in [1.82, 2.24) is 14.9 Å². The second kappa shape index (κ2) is 7.24. The van der Waals surface area contributed by atoms with Crippen molar-refractivity contribution in [3.63, 3.8) is 0 Å². The predicted octanol–water partition coefficient (Wildman–Crippen LogP) is 1.79. The third kappa shape index (κ3) is 4.88. The molecule has 1 fully saturated rings. The number of nitrogens with one attached hydrogen (secondary N) is 1. The molecule has 0 aliphatic carbocycles. The molecule has 0 saturated carbocycles. The lowest BCUT2D eigenvalue weighted by molar-refractivity contribution is 0.339. The summed E-state index contributed by atoms with van der Waals surface area (Å²) in [7, 11) is 0. The number of nitrogens with zero attached hydrogens (tertiary/aromatic N) is 3. The number of aromatic nitrogens is 2. The van der Waals surface area contributed by atoms with Gasteiger partial charge in [-0.25, -0.2) is 4.98 Å². The first-order valence-corrected chi connectivity index (χ1v) is 7.74. The maximum atomic E-state index is 11.7. The number of likely N-dealkylation sites (tertiary alicyclic amines) is 1. The molecule has 0 spiro atoms. The quantitative estimate of drug-likeness (QED) is 0.654. The fourth-order valence-corrected chi connectivity index (χ4v) is 2.41. The average Bonchev–Trinajstić information content (AvgIpc) is 2.45. The minimum atomic E-state index is -0.172. The minimum Gasteiger partial charge on any atom is -0.369 e. The third-order valence-corrected chi connectivity index (χ3v) is 3.66. The number of aliphatic imine (C=N–C) groups is 1. The molecule has 1 aromatic heterocycles. The van der Waals surface area contributed by atoms with Crippen LogP contribution in [-0.2, 0) is 6.42 Å². The number of aryl methyl sites for hydroxylation is 1. The summed E-state index contributed by atoms with van der Waals surface area (Å²) in [5.41, 5.74) is 6.62. The Hall–Kier alpha value is -1.85. The van der Waals surface area contributed by atoms with Gasteiger partial charge in [0.25, 0.3) is 5.56 Å². The topological polar surface area (TPSA) is 87.4 Å². The van der Waals surface area contributed by atoms with E-state index in [1.807, 2.05) is 4.90 Å². The van der Waals surface area contributed by atoms with Crippen LogP contribution in [0.3, 0.4) is 0 Å². The highest BCUT2D eigenvalue weighted by Gasteiger charge is 2.12. The maximum Gasteiger partial charge on any atom is 0.252 e. The summed E-state index contributed by atoms with van der Waals surface area (Å²) in [6.07, 6.45) is 5.29. The van der Waals surface area contributed by atoms with Gasteiger partial charge in [-0.15, -0.1) is 0 Å². The predicted molar refractivity (Wildman–Crippen MR) is 84.7 cm³/mol. The van der Waals surface area contributed by atoms with Gasteiger partial charge in [0.15, 0.2) is 5.96 Å². The van der Waals surface area contributed by atoms with Gasteiger partial charge in [0, 0.05) is 24.8 Å². The molecule has 0 unspecified atom stereocenters. The summed E-state index contributed by atoms with van der Waals surface area (Å²) >= 11 is 0. The molecule has 6 nitrogen and oxygen atoms in total. The lowest BCUT2D eigenvalue weighted by Crippen LogP contribution is -2.40. The Morgan fingerprint density at radius 2 is 2.14 bits per heavy atom. The number of rotatable bonds is 4. The summed E-state index contributed by atoms with van der Waals surface area (Å²) < 4.78 is 0. The molecular formula is C15H25N5O. The van der Waals surface area contributed by atoms with Gasteiger partial charge in [-0.3, -0.25) is 9.78 Å². The van der Waals surface area contributed by atoms with E-state index in [4.69, 9.17) is 5.73 Å². The highest BCUT2D eigenvalue weighted by Crippen LogP contribution is 2.11. The van der Waals surface area contributed by atoms with Crippen LogP contribution >= 0.6 is 0 Å². The van der Waals surface area contributed by atoms with Gasteiger partial charge in [0.05, 0.1) is 0 Å². The maximum absolute atomic E-state index is 11.7. The summed E-state index contributed by atoms with van der Waals surface area (Å²) in [5, 5.41) is 0. The number of nitrogens with two attached hydrogens (primary N) is 1. The largest absolute Gasteiger partial charge is 0.369 e. The van der Waals surface area contributed by atoms with Gasteiger partial charge in [-0.1, -0.05) is 13.8 Å². The van der Waals surface area contributed by atoms with Gasteiger partial charge in [0.2, 0.25) is 5.95 Å². The van der Waals surface area contributed by atoms with Gasteiger partial charge in [-0.05, 0) is 38.0 Å². The van der Waals surface area contributed by atoms with E-state index < -0.39 is 0 Å². The van der Waals surface area contributed by atoms with Crippen LogP contribution in [0.2, 0.25) is 0 Å². The molecule has 21 heavy (non-hydrogen) atoms. The van der Waals surface area contributed by atoms with Crippen LogP contribution in [0.1, 0.15) is 45.2 Å². The summed E-state index contributed by atoms with van der Waals surface area (Å²) in [4.78, 5) is 25.1. The number of H-pyrrole nitrogens is 1. The zero-order valence-electron chi connectivity index (χ0n) is 12.9. The van der Waals surface area contributed by atoms with Gasteiger partial charge in [0.1, 0.15) is 0 Å². The normalized spacial score (nSPS) is 16.5. The summed E-state index contributed by atoms with van der Waals surface area (Å²) in [5.74, 6) is 1.33. The lowest BCUT2D eigenvalue weighted by atomic mass is 10.1. The molecule has 6 heteroatoms. The van der Waals surface area contributed by atoms with E-state index in [2.05, 4.69) is 28.8 Å². The highest BCUT2D eigenvalue weighted by molar-refractivity contribution is 5.80. The first kappa shape index (κ1) is 15.5. The molecule has 2 heterocycles. The van der Waals surface area contributed by atoms with Crippen LogP contribution in [0.5, 0.6) is 0 Å². The van der Waals surface area contributed by atoms with Crippen molar-refractivity contribution >= 4 is 11.9 Å². The Morgan fingerprint density at radius 3 is 2.81 bits per heavy atom. The monoisotopic (exact) mass is 291 g/mol. The molecule has 0 bridgehead atoms. The Balaban J connectivity index is 2.12. The summed E-state index contributed by atoms with van der Waals surface area (Å²) in [6.45, 7) is 6.15. The second-order valence-electron chi connectivity index (χ2n) is 6.01. The van der Waals surface area contributed by atoms with Crippen molar-refractivity contribution in [2.75, 3.05) is 13.1 Å². The number of guanidine groups is 1. The summed E-state index contributed by atoms with van der Waals surface area (Å²) in [6, 6.07) is 1.54. The second-order valence-corrected chi connectivity index (χ2v) is 6.01. The van der Waals surface area contributed by atoms with Crippen LogP contribution in [0, 0.1) is 5.92 Å². The van der Waals surface area contributed by atoms with Crippen molar-refractivity contribution in [2.24, 2.45) is 16.6 Å². The molecule has 1 aromatic rings. The van der Waals surface area contributed by atoms with Crippen molar-refractivity contribution in [3.05, 3.63) is 22.1 Å². The molecule has 1 aliphatic heterocycles. The van der Waals surface area contributed by atoms with E-state index in [-0.39, 0.29) is 5.56 Å². The van der Waals surface area contributed by atoms with E-state index in [0.717, 1.165) is 44.5 Å². The van der Waals surface area contributed by atoms with Gasteiger partial charge in [-0.2, -0.15) is 4.99 Å². The lowest BCUT2D eigenvalue weighted by Gasteiger charge is -2.27. The highest BCUT2D eigenvalue weighted by atomic mass is 16.1. The van der Waals surface area contributed by atoms with Crippen LogP contribution < -0.4 is 11.3 Å². The third-order valence-electron chi connectivity index (χ3n) is 3.66. The minimum absolute atomic E-state index is 0.172. The SMILES string of the molecule is CC(C)CCc1cc(=O)[nH]c(N=C(N)N2CCCCC2)n1. The molecule has 0 atom stereocenters. The number of piperidine rings is 1. The average molecular weight is 291 g/mol. The first-order chi connectivity index (χ1) is 10.0. The molecule has 1 saturated heterocycles. The molecule has 1 aliphatic rings. The van der Waals surface area contributed by atoms with Crippen LogP contribution in [-0.4, -0.2) is 33.9 Å². The van der Waals surface area contributed by atoms with Crippen LogP contribution in [0.15, 0.2) is 15.9 Å². The molecule has 0 aromatic carbocycles. The van der Waals surface area contributed by atoms with Crippen LogP contribution in [0.25, 0.3) is 0 Å². The molecule has 3 N–H and O–H groups in total. The van der Waals surface area contributed by atoms with Crippen molar-refractivity contribution < 1.29 is 0 Å². The van der Waals surface area contributed by atoms with E-state index in [1.54, 1.807) is 6.07 Å². The number of hydrogen-bond acceptors (Lipinski definition) is 3. The van der Waals surface area contributed by atoms with E-state index in [1.165, 1.54) is 6.42 Å². The van der Waals surface area contributed by atoms with E-state index in [0.29, 0.717) is 17.8 Å². The molecule has 2 rings (SSSR count). The van der Waals surface area contributed by atoms with Gasteiger partial charge >= 0.3 is 0 Å².